The average molecular weight is 238 g/mol. The van der Waals surface area contributed by atoms with Crippen LogP contribution in [0.4, 0.5) is 17.6 Å². The van der Waals surface area contributed by atoms with E-state index in [0.717, 1.165) is 6.07 Å². The van der Waals surface area contributed by atoms with E-state index in [4.69, 9.17) is 5.11 Å². The van der Waals surface area contributed by atoms with Crippen molar-refractivity contribution < 1.29 is 32.2 Å². The van der Waals surface area contributed by atoms with Crippen LogP contribution in [0.5, 0.6) is 5.75 Å². The second-order valence-electron chi connectivity index (χ2n) is 2.80. The molecular formula is C9H6F4O3. The van der Waals surface area contributed by atoms with E-state index in [9.17, 15) is 22.4 Å². The molecule has 0 amide bonds. The second-order valence-corrected chi connectivity index (χ2v) is 2.80. The first-order valence-electron chi connectivity index (χ1n) is 4.05. The van der Waals surface area contributed by atoms with E-state index in [2.05, 4.69) is 4.74 Å². The summed E-state index contributed by atoms with van der Waals surface area (Å²) in [5.74, 6) is -5.38. The van der Waals surface area contributed by atoms with E-state index in [0.29, 0.717) is 6.07 Å². The van der Waals surface area contributed by atoms with Gasteiger partial charge in [-0.2, -0.15) is 8.78 Å². The third kappa shape index (κ3) is 2.85. The van der Waals surface area contributed by atoms with Crippen LogP contribution in [0.25, 0.3) is 0 Å². The maximum Gasteiger partial charge on any atom is 0.387 e. The highest BCUT2D eigenvalue weighted by Gasteiger charge is 2.19. The Labute approximate surface area is 87.3 Å². The number of alkyl halides is 2. The summed E-state index contributed by atoms with van der Waals surface area (Å²) in [4.78, 5) is 10.3. The largest absolute Gasteiger partial charge is 0.481 e. The molecule has 0 aliphatic rings. The minimum atomic E-state index is -3.39. The SMILES string of the molecule is O=C(O)Cc1ccc(F)c(OC(F)F)c1F. The first kappa shape index (κ1) is 12.3. The summed E-state index contributed by atoms with van der Waals surface area (Å²) in [6.07, 6.45) is -0.744. The summed E-state index contributed by atoms with van der Waals surface area (Å²) in [5.41, 5.74) is -0.426. The Balaban J connectivity index is 3.10. The Morgan fingerprint density at radius 3 is 2.50 bits per heavy atom. The van der Waals surface area contributed by atoms with Crippen molar-refractivity contribution in [3.63, 3.8) is 0 Å². The van der Waals surface area contributed by atoms with Gasteiger partial charge < -0.3 is 9.84 Å². The van der Waals surface area contributed by atoms with Crippen LogP contribution in [-0.2, 0) is 11.2 Å². The van der Waals surface area contributed by atoms with Crippen molar-refractivity contribution in [2.75, 3.05) is 0 Å². The highest BCUT2D eigenvalue weighted by atomic mass is 19.3. The van der Waals surface area contributed by atoms with Gasteiger partial charge in [0, 0.05) is 5.56 Å². The topological polar surface area (TPSA) is 46.5 Å². The van der Waals surface area contributed by atoms with Crippen LogP contribution < -0.4 is 4.74 Å². The van der Waals surface area contributed by atoms with Crippen LogP contribution >= 0.6 is 0 Å². The minimum absolute atomic E-state index is 0.426. The molecule has 0 unspecified atom stereocenters. The molecule has 0 atom stereocenters. The number of carboxylic acid groups (broad SMARTS) is 1. The molecular weight excluding hydrogens is 232 g/mol. The van der Waals surface area contributed by atoms with Gasteiger partial charge in [0.25, 0.3) is 0 Å². The van der Waals surface area contributed by atoms with Crippen molar-refractivity contribution >= 4 is 5.97 Å². The van der Waals surface area contributed by atoms with Gasteiger partial charge in [-0.3, -0.25) is 4.79 Å². The maximum atomic E-state index is 13.3. The minimum Gasteiger partial charge on any atom is -0.481 e. The molecule has 0 bridgehead atoms. The van der Waals surface area contributed by atoms with Gasteiger partial charge in [0.1, 0.15) is 0 Å². The van der Waals surface area contributed by atoms with Crippen molar-refractivity contribution in [3.05, 3.63) is 29.3 Å². The summed E-state index contributed by atoms with van der Waals surface area (Å²) in [5, 5.41) is 8.38. The van der Waals surface area contributed by atoms with Crippen LogP contribution in [0.15, 0.2) is 12.1 Å². The molecule has 3 nitrogen and oxygen atoms in total. The summed E-state index contributed by atoms with van der Waals surface area (Å²) in [7, 11) is 0. The van der Waals surface area contributed by atoms with Gasteiger partial charge in [-0.25, -0.2) is 8.78 Å². The van der Waals surface area contributed by atoms with Crippen LogP contribution in [0.2, 0.25) is 0 Å². The molecule has 16 heavy (non-hydrogen) atoms. The number of halogens is 4. The lowest BCUT2D eigenvalue weighted by Gasteiger charge is -2.09. The van der Waals surface area contributed by atoms with Crippen LogP contribution in [-0.4, -0.2) is 17.7 Å². The molecule has 0 aliphatic heterocycles. The van der Waals surface area contributed by atoms with Gasteiger partial charge in [0.05, 0.1) is 6.42 Å². The third-order valence-electron chi connectivity index (χ3n) is 1.68. The van der Waals surface area contributed by atoms with Crippen molar-refractivity contribution in [1.82, 2.24) is 0 Å². The molecule has 0 aromatic heterocycles. The van der Waals surface area contributed by atoms with Crippen molar-refractivity contribution in [2.24, 2.45) is 0 Å². The quantitative estimate of drug-likeness (QED) is 0.818. The first-order chi connectivity index (χ1) is 7.41. The zero-order valence-corrected chi connectivity index (χ0v) is 7.71. The normalized spacial score (nSPS) is 10.6. The number of ether oxygens (including phenoxy) is 1. The highest BCUT2D eigenvalue weighted by molar-refractivity contribution is 5.70. The number of hydrogen-bond donors (Lipinski definition) is 1. The summed E-state index contributed by atoms with van der Waals surface area (Å²) in [6, 6.07) is 1.52. The second kappa shape index (κ2) is 4.82. The van der Waals surface area contributed by atoms with E-state index < -0.39 is 41.9 Å². The molecule has 0 saturated heterocycles. The predicted octanol–water partition coefficient (Wildman–Crippen LogP) is 2.19. The van der Waals surface area contributed by atoms with Gasteiger partial charge in [0.15, 0.2) is 17.4 Å². The Hall–Kier alpha value is -1.79. The Morgan fingerprint density at radius 2 is 2.00 bits per heavy atom. The van der Waals surface area contributed by atoms with E-state index >= 15 is 0 Å². The van der Waals surface area contributed by atoms with Crippen molar-refractivity contribution in [2.45, 2.75) is 13.0 Å². The number of aliphatic carboxylic acids is 1. The zero-order valence-electron chi connectivity index (χ0n) is 7.71. The molecule has 88 valence electrons. The number of benzene rings is 1. The molecule has 0 aliphatic carbocycles. The van der Waals surface area contributed by atoms with E-state index in [1.54, 1.807) is 0 Å². The molecule has 0 heterocycles. The Morgan fingerprint density at radius 1 is 1.38 bits per heavy atom. The van der Waals surface area contributed by atoms with Gasteiger partial charge in [0.2, 0.25) is 0 Å². The molecule has 0 fully saturated rings. The lowest BCUT2D eigenvalue weighted by molar-refractivity contribution is -0.136. The summed E-state index contributed by atoms with van der Waals surface area (Å²) in [6.45, 7) is -3.39. The smallest absolute Gasteiger partial charge is 0.387 e. The van der Waals surface area contributed by atoms with Crippen LogP contribution in [0.3, 0.4) is 0 Å². The van der Waals surface area contributed by atoms with Gasteiger partial charge in [-0.05, 0) is 6.07 Å². The van der Waals surface area contributed by atoms with Crippen LogP contribution in [0.1, 0.15) is 5.56 Å². The lowest BCUT2D eigenvalue weighted by Crippen LogP contribution is -2.09. The summed E-state index contributed by atoms with van der Waals surface area (Å²) < 4.78 is 53.4. The molecule has 1 rings (SSSR count). The Bertz CT molecular complexity index is 406. The predicted molar refractivity (Wildman–Crippen MR) is 44.3 cm³/mol. The first-order valence-corrected chi connectivity index (χ1v) is 4.05. The fraction of sp³-hybridized carbons (Fsp3) is 0.222. The third-order valence-corrected chi connectivity index (χ3v) is 1.68. The van der Waals surface area contributed by atoms with Crippen molar-refractivity contribution in [3.8, 4) is 5.75 Å². The standard InChI is InChI=1S/C9H6F4O3/c10-5-2-1-4(3-6(14)15)7(11)8(5)16-9(12)13/h1-2,9H,3H2,(H,14,15). The zero-order chi connectivity index (χ0) is 12.3. The molecule has 1 aromatic carbocycles. The molecule has 0 spiro atoms. The average Bonchev–Trinajstić information content (AvgIpc) is 2.16. The highest BCUT2D eigenvalue weighted by Crippen LogP contribution is 2.26. The maximum absolute atomic E-state index is 13.3. The fourth-order valence-electron chi connectivity index (χ4n) is 1.07. The van der Waals surface area contributed by atoms with Crippen LogP contribution in [0, 0.1) is 11.6 Å². The van der Waals surface area contributed by atoms with Gasteiger partial charge >= 0.3 is 12.6 Å². The molecule has 7 heteroatoms. The van der Waals surface area contributed by atoms with Gasteiger partial charge in [-0.15, -0.1) is 0 Å². The number of rotatable bonds is 4. The molecule has 0 saturated carbocycles. The van der Waals surface area contributed by atoms with E-state index in [-0.39, 0.29) is 0 Å². The van der Waals surface area contributed by atoms with Gasteiger partial charge in [-0.1, -0.05) is 6.07 Å². The lowest BCUT2D eigenvalue weighted by atomic mass is 10.1. The van der Waals surface area contributed by atoms with E-state index in [1.807, 2.05) is 0 Å². The molecule has 1 N–H and O–H groups in total. The number of carboxylic acids is 1. The number of hydrogen-bond acceptors (Lipinski definition) is 2. The number of carbonyl (C=O) groups is 1. The Kier molecular flexibility index (Phi) is 3.70. The van der Waals surface area contributed by atoms with Crippen molar-refractivity contribution in [1.29, 1.82) is 0 Å². The summed E-state index contributed by atoms with van der Waals surface area (Å²) >= 11 is 0. The fourth-order valence-corrected chi connectivity index (χ4v) is 1.07. The molecule has 0 radical (unpaired) electrons. The van der Waals surface area contributed by atoms with E-state index in [1.165, 1.54) is 0 Å². The molecule has 1 aromatic rings. The monoisotopic (exact) mass is 238 g/mol.